The maximum atomic E-state index is 6.49. The molecule has 0 bridgehead atoms. The van der Waals surface area contributed by atoms with Gasteiger partial charge in [-0.25, -0.2) is 4.98 Å². The zero-order chi connectivity index (χ0) is 34.2. The van der Waals surface area contributed by atoms with Crippen LogP contribution in [0.15, 0.2) is 185 Å². The minimum Gasteiger partial charge on any atom is -0.456 e. The fourth-order valence-corrected chi connectivity index (χ4v) is 7.86. The summed E-state index contributed by atoms with van der Waals surface area (Å²) in [7, 11) is 0. The molecule has 0 fully saturated rings. The molecule has 11 rings (SSSR count). The Morgan fingerprint density at radius 3 is 1.88 bits per heavy atom. The van der Waals surface area contributed by atoms with Crippen LogP contribution in [0, 0.1) is 0 Å². The molecule has 52 heavy (non-hydrogen) atoms. The summed E-state index contributed by atoms with van der Waals surface area (Å²) in [6.45, 7) is 0. The number of aromatic nitrogens is 2. The van der Waals surface area contributed by atoms with Crippen LogP contribution in [-0.2, 0) is 0 Å². The number of hydrogen-bond donors (Lipinski definition) is 0. The molecular weight excluding hydrogens is 639 g/mol. The normalized spacial score (nSPS) is 11.8. The number of oxazole rings is 1. The van der Waals surface area contributed by atoms with E-state index in [1.54, 1.807) is 0 Å². The number of hydrogen-bond acceptors (Lipinski definition) is 4. The number of rotatable bonds is 5. The molecule has 0 atom stereocenters. The number of benzene rings is 8. The fourth-order valence-electron chi connectivity index (χ4n) is 7.86. The molecule has 244 valence electrons. The van der Waals surface area contributed by atoms with Gasteiger partial charge in [0, 0.05) is 54.9 Å². The molecular formula is C47H29N3O2. The van der Waals surface area contributed by atoms with E-state index in [0.717, 1.165) is 72.1 Å². The van der Waals surface area contributed by atoms with E-state index < -0.39 is 0 Å². The molecule has 5 heteroatoms. The molecule has 0 aliphatic heterocycles. The topological polar surface area (TPSA) is 47.3 Å². The third-order valence-corrected chi connectivity index (χ3v) is 10.2. The first-order valence-corrected chi connectivity index (χ1v) is 17.5. The lowest BCUT2D eigenvalue weighted by molar-refractivity contribution is 0.623. The van der Waals surface area contributed by atoms with Crippen molar-refractivity contribution in [1.29, 1.82) is 0 Å². The predicted molar refractivity (Wildman–Crippen MR) is 213 cm³/mol. The molecule has 0 saturated carbocycles. The van der Waals surface area contributed by atoms with Gasteiger partial charge in [0.25, 0.3) is 0 Å². The number of para-hydroxylation sites is 3. The molecule has 0 unspecified atom stereocenters. The lowest BCUT2D eigenvalue weighted by Gasteiger charge is -2.27. The van der Waals surface area contributed by atoms with Gasteiger partial charge in [0.1, 0.15) is 16.7 Å². The van der Waals surface area contributed by atoms with Crippen LogP contribution in [-0.4, -0.2) is 9.55 Å². The van der Waals surface area contributed by atoms with Crippen molar-refractivity contribution in [1.82, 2.24) is 9.55 Å². The lowest BCUT2D eigenvalue weighted by Crippen LogP contribution is -2.10. The highest BCUT2D eigenvalue weighted by molar-refractivity contribution is 6.12. The van der Waals surface area contributed by atoms with E-state index in [1.165, 1.54) is 21.8 Å². The van der Waals surface area contributed by atoms with Crippen LogP contribution in [0.2, 0.25) is 0 Å². The largest absolute Gasteiger partial charge is 0.456 e. The number of nitrogens with zero attached hydrogens (tertiary/aromatic N) is 3. The van der Waals surface area contributed by atoms with Gasteiger partial charge in [0.2, 0.25) is 5.89 Å². The standard InChI is InChI=1S/C47H29N3O2/c1-2-11-30(12-3-1)47-48-40-27-26-36-38(46(40)52-47)16-10-19-41(36)49(33-25-28-45-39(29-33)37-15-6-9-20-44(37)51-45)31-21-23-32(24-22-31)50-42-17-7-4-13-34(42)35-14-5-8-18-43(35)50/h1-29H. The van der Waals surface area contributed by atoms with Crippen molar-refractivity contribution in [3.8, 4) is 17.1 Å². The van der Waals surface area contributed by atoms with Gasteiger partial charge < -0.3 is 18.3 Å². The Labute approximate surface area is 298 Å². The average Bonchev–Trinajstić information content (AvgIpc) is 3.91. The van der Waals surface area contributed by atoms with Gasteiger partial charge in [0.05, 0.1) is 16.7 Å². The molecule has 0 aliphatic carbocycles. The molecule has 3 aromatic heterocycles. The van der Waals surface area contributed by atoms with Crippen LogP contribution in [0.25, 0.3) is 82.8 Å². The number of furan rings is 1. The highest BCUT2D eigenvalue weighted by Gasteiger charge is 2.20. The summed E-state index contributed by atoms with van der Waals surface area (Å²) >= 11 is 0. The summed E-state index contributed by atoms with van der Waals surface area (Å²) in [5, 5.41) is 6.73. The van der Waals surface area contributed by atoms with Crippen molar-refractivity contribution in [2.45, 2.75) is 0 Å². The average molecular weight is 668 g/mol. The van der Waals surface area contributed by atoms with Crippen molar-refractivity contribution >= 4 is 82.7 Å². The molecule has 0 amide bonds. The fraction of sp³-hybridized carbons (Fsp3) is 0. The summed E-state index contributed by atoms with van der Waals surface area (Å²) in [6.07, 6.45) is 0. The van der Waals surface area contributed by atoms with Crippen molar-refractivity contribution < 1.29 is 8.83 Å². The van der Waals surface area contributed by atoms with E-state index in [-0.39, 0.29) is 0 Å². The Balaban J connectivity index is 1.12. The second-order valence-electron chi connectivity index (χ2n) is 13.2. The third kappa shape index (κ3) is 4.33. The van der Waals surface area contributed by atoms with Crippen molar-refractivity contribution in [3.63, 3.8) is 0 Å². The smallest absolute Gasteiger partial charge is 0.227 e. The molecule has 0 saturated heterocycles. The second kappa shape index (κ2) is 11.2. The van der Waals surface area contributed by atoms with Gasteiger partial charge >= 0.3 is 0 Å². The molecule has 0 radical (unpaired) electrons. The van der Waals surface area contributed by atoms with Gasteiger partial charge in [-0.3, -0.25) is 0 Å². The maximum absolute atomic E-state index is 6.49. The van der Waals surface area contributed by atoms with Crippen molar-refractivity contribution in [2.24, 2.45) is 0 Å². The van der Waals surface area contributed by atoms with Crippen molar-refractivity contribution in [3.05, 3.63) is 176 Å². The zero-order valence-electron chi connectivity index (χ0n) is 27.9. The highest BCUT2D eigenvalue weighted by Crippen LogP contribution is 2.43. The van der Waals surface area contributed by atoms with Crippen molar-refractivity contribution in [2.75, 3.05) is 4.90 Å². The van der Waals surface area contributed by atoms with Crippen LogP contribution >= 0.6 is 0 Å². The summed E-state index contributed by atoms with van der Waals surface area (Å²) in [5.41, 5.74) is 10.9. The van der Waals surface area contributed by atoms with Gasteiger partial charge in [-0.2, -0.15) is 0 Å². The summed E-state index contributed by atoms with van der Waals surface area (Å²) in [6, 6.07) is 61.5. The highest BCUT2D eigenvalue weighted by atomic mass is 16.3. The molecule has 0 N–H and O–H groups in total. The predicted octanol–water partition coefficient (Wildman–Crippen LogP) is 13.1. The zero-order valence-corrected chi connectivity index (χ0v) is 27.9. The molecule has 5 nitrogen and oxygen atoms in total. The van der Waals surface area contributed by atoms with E-state index in [9.17, 15) is 0 Å². The summed E-state index contributed by atoms with van der Waals surface area (Å²) < 4.78 is 15.1. The SMILES string of the molecule is c1ccc(-c2nc3ccc4c(N(c5ccc(-n6c7ccccc7c7ccccc76)cc5)c5ccc6oc7ccccc7c6c5)cccc4c3o2)cc1. The van der Waals surface area contributed by atoms with Crippen LogP contribution in [0.3, 0.4) is 0 Å². The Bertz CT molecular complexity index is 3080. The second-order valence-corrected chi connectivity index (χ2v) is 13.2. The maximum Gasteiger partial charge on any atom is 0.227 e. The number of fused-ring (bicyclic) bond motifs is 9. The molecule has 3 heterocycles. The minimum absolute atomic E-state index is 0.614. The van der Waals surface area contributed by atoms with Gasteiger partial charge in [0.15, 0.2) is 5.58 Å². The molecule has 0 aliphatic rings. The Morgan fingerprint density at radius 1 is 0.442 bits per heavy atom. The van der Waals surface area contributed by atoms with Gasteiger partial charge in [-0.1, -0.05) is 84.9 Å². The first-order chi connectivity index (χ1) is 25.8. The Morgan fingerprint density at radius 2 is 1.10 bits per heavy atom. The first kappa shape index (κ1) is 28.7. The van der Waals surface area contributed by atoms with E-state index in [0.29, 0.717) is 5.89 Å². The van der Waals surface area contributed by atoms with E-state index in [4.69, 9.17) is 13.8 Å². The molecule has 8 aromatic carbocycles. The van der Waals surface area contributed by atoms with E-state index in [1.807, 2.05) is 42.5 Å². The number of anilines is 3. The van der Waals surface area contributed by atoms with Gasteiger partial charge in [-0.15, -0.1) is 0 Å². The van der Waals surface area contributed by atoms with Gasteiger partial charge in [-0.05, 0) is 91.0 Å². The Kier molecular flexibility index (Phi) is 6.18. The Hall–Kier alpha value is -7.11. The monoisotopic (exact) mass is 667 g/mol. The summed E-state index contributed by atoms with van der Waals surface area (Å²) in [5.74, 6) is 0.614. The lowest BCUT2D eigenvalue weighted by atomic mass is 10.0. The molecule has 0 spiro atoms. The third-order valence-electron chi connectivity index (χ3n) is 10.2. The van der Waals surface area contributed by atoms with Crippen LogP contribution < -0.4 is 4.90 Å². The molecule has 11 aromatic rings. The quantitative estimate of drug-likeness (QED) is 0.183. The summed E-state index contributed by atoms with van der Waals surface area (Å²) in [4.78, 5) is 7.20. The van der Waals surface area contributed by atoms with E-state index >= 15 is 0 Å². The van der Waals surface area contributed by atoms with Crippen LogP contribution in [0.1, 0.15) is 0 Å². The minimum atomic E-state index is 0.614. The van der Waals surface area contributed by atoms with E-state index in [2.05, 4.69) is 143 Å². The first-order valence-electron chi connectivity index (χ1n) is 17.5. The van der Waals surface area contributed by atoms with Crippen LogP contribution in [0.4, 0.5) is 17.1 Å². The van der Waals surface area contributed by atoms with Crippen LogP contribution in [0.5, 0.6) is 0 Å².